The molecule has 0 aliphatic rings. The van der Waals surface area contributed by atoms with Crippen molar-refractivity contribution in [2.45, 2.75) is 26.2 Å². The lowest BCUT2D eigenvalue weighted by atomic mass is 9.96. The second kappa shape index (κ2) is 6.00. The molecule has 0 heterocycles. The number of hydrogen-bond donors (Lipinski definition) is 1. The van der Waals surface area contributed by atoms with E-state index in [9.17, 15) is 14.9 Å². The topological polar surface area (TPSA) is 95.5 Å². The Balaban J connectivity index is 3.11. The molecule has 6 nitrogen and oxygen atoms in total. The van der Waals surface area contributed by atoms with Crippen molar-refractivity contribution in [3.8, 4) is 0 Å². The lowest BCUT2D eigenvalue weighted by Gasteiger charge is -2.14. The molecule has 0 aromatic heterocycles. The van der Waals surface area contributed by atoms with E-state index in [1.165, 1.54) is 12.1 Å². The quantitative estimate of drug-likeness (QED) is 0.375. The van der Waals surface area contributed by atoms with Gasteiger partial charge in [-0.2, -0.15) is 0 Å². The first-order valence-electron chi connectivity index (χ1n) is 5.71. The van der Waals surface area contributed by atoms with Gasteiger partial charge in [0.25, 0.3) is 5.69 Å². The number of carbonyl (C=O) groups excluding carboxylic acids is 1. The van der Waals surface area contributed by atoms with Crippen LogP contribution in [0.3, 0.4) is 0 Å². The lowest BCUT2D eigenvalue weighted by molar-refractivity contribution is -0.384. The Morgan fingerprint density at radius 2 is 2.17 bits per heavy atom. The van der Waals surface area contributed by atoms with Crippen LogP contribution >= 0.6 is 0 Å². The Morgan fingerprint density at radius 1 is 1.50 bits per heavy atom. The van der Waals surface area contributed by atoms with Crippen LogP contribution < -0.4 is 5.73 Å². The van der Waals surface area contributed by atoms with E-state index in [1.807, 2.05) is 6.92 Å². The monoisotopic (exact) mass is 252 g/mol. The minimum absolute atomic E-state index is 0.0856. The van der Waals surface area contributed by atoms with Gasteiger partial charge in [-0.05, 0) is 25.0 Å². The summed E-state index contributed by atoms with van der Waals surface area (Å²) in [5.41, 5.74) is 5.96. The van der Waals surface area contributed by atoms with Gasteiger partial charge >= 0.3 is 5.97 Å². The van der Waals surface area contributed by atoms with E-state index < -0.39 is 10.8 Å². The summed E-state index contributed by atoms with van der Waals surface area (Å²) in [5.74, 6) is -0.872. The van der Waals surface area contributed by atoms with Gasteiger partial charge in [0.05, 0.1) is 17.4 Å². The third kappa shape index (κ3) is 2.97. The summed E-state index contributed by atoms with van der Waals surface area (Å²) in [4.78, 5) is 21.9. The Morgan fingerprint density at radius 3 is 2.67 bits per heavy atom. The zero-order valence-electron chi connectivity index (χ0n) is 10.4. The highest BCUT2D eigenvalue weighted by atomic mass is 16.6. The zero-order valence-corrected chi connectivity index (χ0v) is 10.4. The highest BCUT2D eigenvalue weighted by Crippen LogP contribution is 2.28. The van der Waals surface area contributed by atoms with Crippen molar-refractivity contribution in [2.24, 2.45) is 0 Å². The molecule has 1 atom stereocenters. The Bertz CT molecular complexity index is 459. The molecule has 0 fully saturated rings. The molecule has 0 aliphatic carbocycles. The fourth-order valence-electron chi connectivity index (χ4n) is 1.72. The number of anilines is 1. The summed E-state index contributed by atoms with van der Waals surface area (Å²) in [6, 6.07) is 4.39. The average molecular weight is 252 g/mol. The number of nitrogens with zero attached hydrogens (tertiary/aromatic N) is 1. The van der Waals surface area contributed by atoms with E-state index in [-0.39, 0.29) is 24.0 Å². The molecule has 1 unspecified atom stereocenters. The lowest BCUT2D eigenvalue weighted by Crippen LogP contribution is -2.15. The molecule has 0 spiro atoms. The number of nitro benzene ring substituents is 1. The van der Waals surface area contributed by atoms with Crippen LogP contribution in [0.5, 0.6) is 0 Å². The van der Waals surface area contributed by atoms with Crippen molar-refractivity contribution in [3.05, 3.63) is 33.9 Å². The van der Waals surface area contributed by atoms with Crippen LogP contribution in [-0.4, -0.2) is 17.5 Å². The van der Waals surface area contributed by atoms with E-state index in [0.29, 0.717) is 12.0 Å². The molecule has 1 aromatic carbocycles. The fourth-order valence-corrected chi connectivity index (χ4v) is 1.72. The molecule has 6 heteroatoms. The Kier molecular flexibility index (Phi) is 4.65. The van der Waals surface area contributed by atoms with Crippen LogP contribution in [0.25, 0.3) is 0 Å². The van der Waals surface area contributed by atoms with Gasteiger partial charge in [0.2, 0.25) is 0 Å². The second-order valence-electron chi connectivity index (χ2n) is 3.79. The number of nitrogens with two attached hydrogens (primary N) is 1. The van der Waals surface area contributed by atoms with Gasteiger partial charge in [0, 0.05) is 6.07 Å². The third-order valence-corrected chi connectivity index (χ3v) is 2.63. The number of hydrogen-bond acceptors (Lipinski definition) is 5. The zero-order chi connectivity index (χ0) is 13.7. The number of benzene rings is 1. The van der Waals surface area contributed by atoms with E-state index in [2.05, 4.69) is 0 Å². The van der Waals surface area contributed by atoms with Crippen LogP contribution in [0.4, 0.5) is 11.4 Å². The van der Waals surface area contributed by atoms with Crippen molar-refractivity contribution in [2.75, 3.05) is 12.3 Å². The SMILES string of the molecule is CCOC(=O)C(CC)c1ccc(N)c([N+](=O)[O-])c1. The molecule has 0 aliphatic heterocycles. The number of nitro groups is 1. The minimum Gasteiger partial charge on any atom is -0.466 e. The van der Waals surface area contributed by atoms with Crippen molar-refractivity contribution < 1.29 is 14.5 Å². The summed E-state index contributed by atoms with van der Waals surface area (Å²) in [6.45, 7) is 3.83. The summed E-state index contributed by atoms with van der Waals surface area (Å²) in [5, 5.41) is 10.8. The number of ether oxygens (including phenoxy) is 1. The molecular formula is C12H16N2O4. The van der Waals surface area contributed by atoms with Gasteiger partial charge in [0.15, 0.2) is 0 Å². The standard InChI is InChI=1S/C12H16N2O4/c1-3-9(12(15)18-4-2)8-5-6-10(13)11(7-8)14(16)17/h5-7,9H,3-4,13H2,1-2H3. The first kappa shape index (κ1) is 14.0. The number of carbonyl (C=O) groups is 1. The predicted molar refractivity (Wildman–Crippen MR) is 67.2 cm³/mol. The summed E-state index contributed by atoms with van der Waals surface area (Å²) >= 11 is 0. The van der Waals surface area contributed by atoms with E-state index in [0.717, 1.165) is 0 Å². The molecule has 0 saturated heterocycles. The highest BCUT2D eigenvalue weighted by Gasteiger charge is 2.23. The molecule has 18 heavy (non-hydrogen) atoms. The largest absolute Gasteiger partial charge is 0.466 e. The van der Waals surface area contributed by atoms with Crippen LogP contribution in [0.1, 0.15) is 31.7 Å². The van der Waals surface area contributed by atoms with Crippen LogP contribution in [-0.2, 0) is 9.53 Å². The Labute approximate surface area is 105 Å². The maximum Gasteiger partial charge on any atom is 0.313 e. The van der Waals surface area contributed by atoms with Crippen molar-refractivity contribution in [1.82, 2.24) is 0 Å². The third-order valence-electron chi connectivity index (χ3n) is 2.63. The molecule has 98 valence electrons. The first-order valence-corrected chi connectivity index (χ1v) is 5.71. The number of esters is 1. The van der Waals surface area contributed by atoms with E-state index >= 15 is 0 Å². The highest BCUT2D eigenvalue weighted by molar-refractivity contribution is 5.79. The average Bonchev–Trinajstić information content (AvgIpc) is 2.32. The molecule has 0 saturated carbocycles. The summed E-state index contributed by atoms with van der Waals surface area (Å²) in [6.07, 6.45) is 0.514. The second-order valence-corrected chi connectivity index (χ2v) is 3.79. The van der Waals surface area contributed by atoms with Crippen molar-refractivity contribution >= 4 is 17.3 Å². The van der Waals surface area contributed by atoms with Crippen LogP contribution in [0.15, 0.2) is 18.2 Å². The maximum absolute atomic E-state index is 11.7. The van der Waals surface area contributed by atoms with Gasteiger partial charge in [0.1, 0.15) is 5.69 Å². The first-order chi connectivity index (χ1) is 8.51. The minimum atomic E-state index is -0.559. The molecule has 0 bridgehead atoms. The van der Waals surface area contributed by atoms with Gasteiger partial charge in [-0.25, -0.2) is 0 Å². The van der Waals surface area contributed by atoms with Gasteiger partial charge in [-0.15, -0.1) is 0 Å². The number of nitrogen functional groups attached to an aromatic ring is 1. The maximum atomic E-state index is 11.7. The number of rotatable bonds is 5. The molecule has 0 radical (unpaired) electrons. The van der Waals surface area contributed by atoms with Gasteiger partial charge in [-0.3, -0.25) is 14.9 Å². The molecule has 2 N–H and O–H groups in total. The molecule has 1 rings (SSSR count). The summed E-state index contributed by atoms with van der Waals surface area (Å²) < 4.78 is 4.94. The molecule has 0 amide bonds. The van der Waals surface area contributed by atoms with E-state index in [4.69, 9.17) is 10.5 Å². The van der Waals surface area contributed by atoms with Crippen molar-refractivity contribution in [3.63, 3.8) is 0 Å². The Hall–Kier alpha value is -2.11. The smallest absolute Gasteiger partial charge is 0.313 e. The molecular weight excluding hydrogens is 236 g/mol. The van der Waals surface area contributed by atoms with Crippen LogP contribution in [0.2, 0.25) is 0 Å². The summed E-state index contributed by atoms with van der Waals surface area (Å²) in [7, 11) is 0. The van der Waals surface area contributed by atoms with Crippen LogP contribution in [0, 0.1) is 10.1 Å². The fraction of sp³-hybridized carbons (Fsp3) is 0.417. The van der Waals surface area contributed by atoms with Gasteiger partial charge in [-0.1, -0.05) is 13.0 Å². The normalized spacial score (nSPS) is 11.9. The van der Waals surface area contributed by atoms with Crippen molar-refractivity contribution in [1.29, 1.82) is 0 Å². The van der Waals surface area contributed by atoms with E-state index in [1.54, 1.807) is 13.0 Å². The van der Waals surface area contributed by atoms with Gasteiger partial charge < -0.3 is 10.5 Å². The predicted octanol–water partition coefficient (Wildman–Crippen LogP) is 2.23. The molecule has 1 aromatic rings.